The van der Waals surface area contributed by atoms with Crippen molar-refractivity contribution in [2.45, 2.75) is 50.9 Å². The summed E-state index contributed by atoms with van der Waals surface area (Å²) in [7, 11) is 1.44. The number of carbonyl (C=O) groups is 1. The molecule has 1 aromatic heterocycles. The van der Waals surface area contributed by atoms with Gasteiger partial charge >= 0.3 is 0 Å². The Morgan fingerprint density at radius 3 is 2.81 bits per heavy atom. The van der Waals surface area contributed by atoms with Gasteiger partial charge in [0.1, 0.15) is 0 Å². The first-order valence-corrected chi connectivity index (χ1v) is 9.15. The Bertz CT molecular complexity index is 796. The molecule has 2 aromatic rings. The number of pyridine rings is 1. The van der Waals surface area contributed by atoms with Gasteiger partial charge in [0.25, 0.3) is 5.91 Å². The SMILES string of the molecule is COc1ccnc(C(=O)NC2C[C@H](C)O[C@@](C)(Cc3ccccc3)C2)c1O. The molecule has 1 saturated heterocycles. The van der Waals surface area contributed by atoms with Gasteiger partial charge in [0.15, 0.2) is 17.2 Å². The van der Waals surface area contributed by atoms with Crippen molar-refractivity contribution in [1.29, 1.82) is 0 Å². The maximum Gasteiger partial charge on any atom is 0.274 e. The molecule has 3 atom stereocenters. The van der Waals surface area contributed by atoms with Crippen molar-refractivity contribution in [3.05, 3.63) is 53.9 Å². The molecule has 1 aliphatic rings. The van der Waals surface area contributed by atoms with Crippen LogP contribution < -0.4 is 10.1 Å². The molecule has 2 heterocycles. The summed E-state index contributed by atoms with van der Waals surface area (Å²) in [5, 5.41) is 13.2. The van der Waals surface area contributed by atoms with Gasteiger partial charge in [-0.05, 0) is 32.3 Å². The van der Waals surface area contributed by atoms with E-state index in [9.17, 15) is 9.90 Å². The third-order valence-electron chi connectivity index (χ3n) is 4.86. The van der Waals surface area contributed by atoms with E-state index in [0.29, 0.717) is 12.8 Å². The van der Waals surface area contributed by atoms with Crippen LogP contribution in [0.1, 0.15) is 42.7 Å². The summed E-state index contributed by atoms with van der Waals surface area (Å²) < 4.78 is 11.3. The van der Waals surface area contributed by atoms with Crippen LogP contribution in [-0.2, 0) is 11.2 Å². The van der Waals surface area contributed by atoms with Crippen LogP contribution in [0, 0.1) is 0 Å². The Kier molecular flexibility index (Phi) is 5.65. The van der Waals surface area contributed by atoms with Crippen LogP contribution in [0.5, 0.6) is 11.5 Å². The van der Waals surface area contributed by atoms with Gasteiger partial charge in [-0.25, -0.2) is 4.98 Å². The number of aromatic hydroxyl groups is 1. The number of hydrogen-bond acceptors (Lipinski definition) is 5. The van der Waals surface area contributed by atoms with Crippen molar-refractivity contribution >= 4 is 5.91 Å². The Morgan fingerprint density at radius 2 is 2.11 bits per heavy atom. The number of ether oxygens (including phenoxy) is 2. The summed E-state index contributed by atoms with van der Waals surface area (Å²) in [5.41, 5.74) is 0.797. The van der Waals surface area contributed by atoms with Gasteiger partial charge < -0.3 is 19.9 Å². The van der Waals surface area contributed by atoms with E-state index in [4.69, 9.17) is 9.47 Å². The van der Waals surface area contributed by atoms with Gasteiger partial charge in [-0.2, -0.15) is 0 Å². The Hall–Kier alpha value is -2.60. The van der Waals surface area contributed by atoms with Crippen LogP contribution in [0.4, 0.5) is 0 Å². The van der Waals surface area contributed by atoms with Gasteiger partial charge in [-0.3, -0.25) is 4.79 Å². The minimum absolute atomic E-state index is 0.0182. The van der Waals surface area contributed by atoms with E-state index < -0.39 is 5.91 Å². The smallest absolute Gasteiger partial charge is 0.274 e. The normalized spacial score (nSPS) is 25.0. The standard InChI is InChI=1S/C21H26N2O4/c1-14-11-16(13-21(2,27-14)12-15-7-5-4-6-8-15)23-20(25)18-19(24)17(26-3)9-10-22-18/h4-10,14,16,24H,11-13H2,1-3H3,(H,23,25)/t14-,16?,21-/m0/s1. The van der Waals surface area contributed by atoms with Gasteiger partial charge in [0.05, 0.1) is 18.8 Å². The van der Waals surface area contributed by atoms with Crippen molar-refractivity contribution in [3.63, 3.8) is 0 Å². The molecule has 0 radical (unpaired) electrons. The molecule has 27 heavy (non-hydrogen) atoms. The number of benzene rings is 1. The largest absolute Gasteiger partial charge is 0.503 e. The second-order valence-corrected chi connectivity index (χ2v) is 7.36. The van der Waals surface area contributed by atoms with Crippen molar-refractivity contribution in [2.75, 3.05) is 7.11 Å². The molecule has 6 nitrogen and oxygen atoms in total. The molecule has 1 amide bonds. The number of nitrogens with zero attached hydrogens (tertiary/aromatic N) is 1. The predicted octanol–water partition coefficient (Wildman–Crippen LogP) is 3.09. The fourth-order valence-corrected chi connectivity index (χ4v) is 3.86. The minimum atomic E-state index is -0.410. The van der Waals surface area contributed by atoms with Crippen LogP contribution in [0.25, 0.3) is 0 Å². The van der Waals surface area contributed by atoms with Gasteiger partial charge in [0.2, 0.25) is 0 Å². The highest BCUT2D eigenvalue weighted by Gasteiger charge is 2.37. The minimum Gasteiger partial charge on any atom is -0.503 e. The maximum absolute atomic E-state index is 12.6. The lowest BCUT2D eigenvalue weighted by molar-refractivity contribution is -0.118. The van der Waals surface area contributed by atoms with E-state index >= 15 is 0 Å². The van der Waals surface area contributed by atoms with Gasteiger partial charge in [0, 0.05) is 24.7 Å². The highest BCUT2D eigenvalue weighted by atomic mass is 16.5. The van der Waals surface area contributed by atoms with Gasteiger partial charge in [-0.1, -0.05) is 30.3 Å². The van der Waals surface area contributed by atoms with Crippen LogP contribution in [0.15, 0.2) is 42.6 Å². The Balaban J connectivity index is 1.72. The van der Waals surface area contributed by atoms with Crippen LogP contribution in [0.2, 0.25) is 0 Å². The van der Waals surface area contributed by atoms with E-state index in [1.807, 2.05) is 25.1 Å². The Morgan fingerprint density at radius 1 is 1.37 bits per heavy atom. The number of amides is 1. The first-order chi connectivity index (χ1) is 12.9. The summed E-state index contributed by atoms with van der Waals surface area (Å²) in [4.78, 5) is 16.7. The molecular weight excluding hydrogens is 344 g/mol. The molecule has 0 saturated carbocycles. The van der Waals surface area contributed by atoms with E-state index in [1.54, 1.807) is 0 Å². The third-order valence-corrected chi connectivity index (χ3v) is 4.86. The third kappa shape index (κ3) is 4.57. The van der Waals surface area contributed by atoms with Crippen molar-refractivity contribution in [1.82, 2.24) is 10.3 Å². The molecule has 1 unspecified atom stereocenters. The second kappa shape index (κ2) is 7.96. The Labute approximate surface area is 159 Å². The maximum atomic E-state index is 12.6. The summed E-state index contributed by atoms with van der Waals surface area (Å²) >= 11 is 0. The lowest BCUT2D eigenvalue weighted by Crippen LogP contribution is -2.50. The summed E-state index contributed by atoms with van der Waals surface area (Å²) in [6.45, 7) is 4.10. The van der Waals surface area contributed by atoms with Crippen molar-refractivity contribution in [2.24, 2.45) is 0 Å². The molecule has 0 bridgehead atoms. The molecule has 3 rings (SSSR count). The molecule has 1 aliphatic heterocycles. The second-order valence-electron chi connectivity index (χ2n) is 7.36. The number of rotatable bonds is 5. The monoisotopic (exact) mass is 370 g/mol. The van der Waals surface area contributed by atoms with E-state index in [2.05, 4.69) is 29.4 Å². The van der Waals surface area contributed by atoms with Crippen LogP contribution in [-0.4, -0.2) is 40.9 Å². The van der Waals surface area contributed by atoms with Crippen molar-refractivity contribution in [3.8, 4) is 11.5 Å². The molecule has 0 spiro atoms. The molecule has 144 valence electrons. The van der Waals surface area contributed by atoms with E-state index in [-0.39, 0.29) is 34.9 Å². The first-order valence-electron chi connectivity index (χ1n) is 9.15. The lowest BCUT2D eigenvalue weighted by Gasteiger charge is -2.42. The first kappa shape index (κ1) is 19.2. The fourth-order valence-electron chi connectivity index (χ4n) is 3.86. The topological polar surface area (TPSA) is 80.7 Å². The van der Waals surface area contributed by atoms with Gasteiger partial charge in [-0.15, -0.1) is 0 Å². The van der Waals surface area contributed by atoms with E-state index in [0.717, 1.165) is 6.42 Å². The molecule has 1 aromatic carbocycles. The number of carbonyl (C=O) groups excluding carboxylic acids is 1. The molecule has 2 N–H and O–H groups in total. The molecular formula is C21H26N2O4. The van der Waals surface area contributed by atoms with Crippen LogP contribution >= 0.6 is 0 Å². The summed E-state index contributed by atoms with van der Waals surface area (Å²) in [6.07, 6.45) is 3.63. The summed E-state index contributed by atoms with van der Waals surface area (Å²) in [5.74, 6) is -0.429. The fraction of sp³-hybridized carbons (Fsp3) is 0.429. The molecule has 0 aliphatic carbocycles. The average Bonchev–Trinajstić information content (AvgIpc) is 2.61. The highest BCUT2D eigenvalue weighted by Crippen LogP contribution is 2.33. The number of nitrogens with one attached hydrogen (secondary N) is 1. The highest BCUT2D eigenvalue weighted by molar-refractivity contribution is 5.95. The zero-order valence-corrected chi connectivity index (χ0v) is 15.9. The van der Waals surface area contributed by atoms with E-state index in [1.165, 1.54) is 24.9 Å². The zero-order chi connectivity index (χ0) is 19.4. The molecule has 6 heteroatoms. The summed E-state index contributed by atoms with van der Waals surface area (Å²) in [6, 6.07) is 11.6. The van der Waals surface area contributed by atoms with Crippen LogP contribution in [0.3, 0.4) is 0 Å². The average molecular weight is 370 g/mol. The number of hydrogen-bond donors (Lipinski definition) is 2. The zero-order valence-electron chi connectivity index (χ0n) is 15.9. The molecule has 1 fully saturated rings. The number of methoxy groups -OCH3 is 1. The number of aromatic nitrogens is 1. The quantitative estimate of drug-likeness (QED) is 0.845. The van der Waals surface area contributed by atoms with Crippen molar-refractivity contribution < 1.29 is 19.4 Å². The lowest BCUT2D eigenvalue weighted by atomic mass is 9.84. The predicted molar refractivity (Wildman–Crippen MR) is 102 cm³/mol.